The minimum atomic E-state index is 0. The number of nitrogens with zero attached hydrogens (tertiary/aromatic N) is 4. The molecule has 0 aliphatic carbocycles. The van der Waals surface area contributed by atoms with E-state index in [4.69, 9.17) is 0 Å². The molecule has 1 aromatic heterocycles. The molecule has 0 spiro atoms. The van der Waals surface area contributed by atoms with Crippen molar-refractivity contribution in [2.45, 2.75) is 45.2 Å². The van der Waals surface area contributed by atoms with Gasteiger partial charge in [0, 0.05) is 38.1 Å². The molecule has 0 saturated carbocycles. The lowest BCUT2D eigenvalue weighted by atomic mass is 9.98. The smallest absolute Gasteiger partial charge is 0.191 e. The second kappa shape index (κ2) is 10.8. The second-order valence-corrected chi connectivity index (χ2v) is 7.76. The van der Waals surface area contributed by atoms with Gasteiger partial charge < -0.3 is 10.6 Å². The summed E-state index contributed by atoms with van der Waals surface area (Å²) in [6, 6.07) is 10.3. The zero-order valence-corrected chi connectivity index (χ0v) is 19.5. The maximum absolute atomic E-state index is 4.37. The van der Waals surface area contributed by atoms with Gasteiger partial charge in [-0.15, -0.1) is 24.0 Å². The van der Waals surface area contributed by atoms with Crippen LogP contribution < -0.4 is 10.6 Å². The zero-order chi connectivity index (χ0) is 19.1. The summed E-state index contributed by atoms with van der Waals surface area (Å²) in [6.45, 7) is 8.64. The highest BCUT2D eigenvalue weighted by atomic mass is 127. The van der Waals surface area contributed by atoms with Crippen molar-refractivity contribution in [3.63, 3.8) is 0 Å². The molecule has 0 atom stereocenters. The van der Waals surface area contributed by atoms with E-state index in [0.717, 1.165) is 24.7 Å². The maximum Gasteiger partial charge on any atom is 0.191 e. The first kappa shape index (κ1) is 22.7. The molecule has 7 heteroatoms. The zero-order valence-electron chi connectivity index (χ0n) is 17.2. The Labute approximate surface area is 185 Å². The van der Waals surface area contributed by atoms with Crippen molar-refractivity contribution in [1.29, 1.82) is 0 Å². The summed E-state index contributed by atoms with van der Waals surface area (Å²) in [7, 11) is 1.82. The van der Waals surface area contributed by atoms with Gasteiger partial charge >= 0.3 is 0 Å². The summed E-state index contributed by atoms with van der Waals surface area (Å²) < 4.78 is 1.86. The van der Waals surface area contributed by atoms with E-state index in [0.29, 0.717) is 0 Å². The molecule has 154 valence electrons. The lowest BCUT2D eigenvalue weighted by Crippen LogP contribution is -2.54. The number of rotatable bonds is 6. The second-order valence-electron chi connectivity index (χ2n) is 7.76. The third-order valence-electron chi connectivity index (χ3n) is 5.29. The fraction of sp³-hybridized carbons (Fsp3) is 0.524. The average molecular weight is 496 g/mol. The molecule has 1 aliphatic rings. The number of piperidine rings is 1. The van der Waals surface area contributed by atoms with Crippen LogP contribution in [0.4, 0.5) is 0 Å². The molecular weight excluding hydrogens is 463 g/mol. The Balaban J connectivity index is 0.00000280. The molecule has 2 N–H and O–H groups in total. The van der Waals surface area contributed by atoms with Crippen molar-refractivity contribution in [2.75, 3.05) is 26.7 Å². The fourth-order valence-corrected chi connectivity index (χ4v) is 3.51. The topological polar surface area (TPSA) is 57.5 Å². The number of likely N-dealkylation sites (tertiary alicyclic amines) is 1. The molecule has 0 radical (unpaired) electrons. The van der Waals surface area contributed by atoms with Gasteiger partial charge in [-0.2, -0.15) is 5.10 Å². The number of hydrogen-bond acceptors (Lipinski definition) is 3. The van der Waals surface area contributed by atoms with Crippen LogP contribution in [-0.2, 0) is 6.54 Å². The van der Waals surface area contributed by atoms with Gasteiger partial charge in [0.15, 0.2) is 5.96 Å². The van der Waals surface area contributed by atoms with Gasteiger partial charge in [0.2, 0.25) is 0 Å². The highest BCUT2D eigenvalue weighted by Gasteiger charge is 2.27. The Morgan fingerprint density at radius 1 is 1.11 bits per heavy atom. The summed E-state index contributed by atoms with van der Waals surface area (Å²) in [5, 5.41) is 11.2. The average Bonchev–Trinajstić information content (AvgIpc) is 3.24. The lowest BCUT2D eigenvalue weighted by Gasteiger charge is -2.41. The quantitative estimate of drug-likeness (QED) is 0.366. The molecule has 6 nitrogen and oxygen atoms in total. The summed E-state index contributed by atoms with van der Waals surface area (Å²) in [6.07, 6.45) is 7.72. The van der Waals surface area contributed by atoms with Crippen LogP contribution in [0.25, 0.3) is 5.69 Å². The van der Waals surface area contributed by atoms with Gasteiger partial charge in [-0.25, -0.2) is 4.68 Å². The Morgan fingerprint density at radius 2 is 1.82 bits per heavy atom. The third-order valence-corrected chi connectivity index (χ3v) is 5.29. The van der Waals surface area contributed by atoms with Crippen LogP contribution in [-0.4, -0.2) is 52.9 Å². The first-order valence-corrected chi connectivity index (χ1v) is 9.87. The van der Waals surface area contributed by atoms with Gasteiger partial charge in [0.05, 0.1) is 5.69 Å². The Kier molecular flexibility index (Phi) is 8.75. The molecular formula is C21H33IN6. The van der Waals surface area contributed by atoms with Gasteiger partial charge in [-0.05, 0) is 63.5 Å². The minimum Gasteiger partial charge on any atom is -0.355 e. The minimum absolute atomic E-state index is 0. The lowest BCUT2D eigenvalue weighted by molar-refractivity contribution is 0.0982. The van der Waals surface area contributed by atoms with E-state index >= 15 is 0 Å². The number of aromatic nitrogens is 2. The molecule has 28 heavy (non-hydrogen) atoms. The van der Waals surface area contributed by atoms with E-state index < -0.39 is 0 Å². The Hall–Kier alpha value is -1.61. The van der Waals surface area contributed by atoms with Crippen molar-refractivity contribution < 1.29 is 0 Å². The SMILES string of the molecule is CN=C(NCc1ccc(-n2cccn2)cc1)NCC(C)(C)N1CCCCC1.I. The monoisotopic (exact) mass is 496 g/mol. The van der Waals surface area contributed by atoms with E-state index in [1.165, 1.54) is 37.9 Å². The number of aliphatic imine (C=N–C) groups is 1. The molecule has 1 aromatic carbocycles. The number of guanidine groups is 1. The molecule has 1 fully saturated rings. The van der Waals surface area contributed by atoms with Gasteiger partial charge in [0.1, 0.15) is 0 Å². The number of nitrogens with one attached hydrogen (secondary N) is 2. The molecule has 1 saturated heterocycles. The molecule has 2 heterocycles. The molecule has 1 aliphatic heterocycles. The number of hydrogen-bond donors (Lipinski definition) is 2. The highest BCUT2D eigenvalue weighted by Crippen LogP contribution is 2.19. The predicted octanol–water partition coefficient (Wildman–Crippen LogP) is 3.42. The number of benzene rings is 1. The molecule has 0 unspecified atom stereocenters. The van der Waals surface area contributed by atoms with Crippen molar-refractivity contribution in [3.05, 3.63) is 48.3 Å². The van der Waals surface area contributed by atoms with Crippen LogP contribution in [0.1, 0.15) is 38.7 Å². The van der Waals surface area contributed by atoms with Crippen LogP contribution >= 0.6 is 24.0 Å². The van der Waals surface area contributed by atoms with E-state index in [1.807, 2.05) is 24.0 Å². The fourth-order valence-electron chi connectivity index (χ4n) is 3.51. The van der Waals surface area contributed by atoms with Crippen LogP contribution in [0.15, 0.2) is 47.7 Å². The van der Waals surface area contributed by atoms with Gasteiger partial charge in [0.25, 0.3) is 0 Å². The van der Waals surface area contributed by atoms with Crippen LogP contribution in [0.3, 0.4) is 0 Å². The highest BCUT2D eigenvalue weighted by molar-refractivity contribution is 14.0. The maximum atomic E-state index is 4.37. The first-order chi connectivity index (χ1) is 13.1. The van der Waals surface area contributed by atoms with Crippen LogP contribution in [0.5, 0.6) is 0 Å². The van der Waals surface area contributed by atoms with E-state index in [-0.39, 0.29) is 29.5 Å². The van der Waals surface area contributed by atoms with E-state index in [1.54, 1.807) is 6.20 Å². The van der Waals surface area contributed by atoms with Crippen molar-refractivity contribution in [1.82, 2.24) is 25.3 Å². The Morgan fingerprint density at radius 3 is 2.43 bits per heavy atom. The molecule has 2 aromatic rings. The first-order valence-electron chi connectivity index (χ1n) is 9.87. The molecule has 3 rings (SSSR count). The third kappa shape index (κ3) is 6.20. The van der Waals surface area contributed by atoms with Crippen molar-refractivity contribution in [3.8, 4) is 5.69 Å². The normalized spacial score (nSPS) is 15.8. The van der Waals surface area contributed by atoms with Crippen molar-refractivity contribution in [2.24, 2.45) is 4.99 Å². The van der Waals surface area contributed by atoms with E-state index in [9.17, 15) is 0 Å². The summed E-state index contributed by atoms with van der Waals surface area (Å²) >= 11 is 0. The predicted molar refractivity (Wildman–Crippen MR) is 127 cm³/mol. The van der Waals surface area contributed by atoms with Crippen LogP contribution in [0, 0.1) is 0 Å². The van der Waals surface area contributed by atoms with Crippen molar-refractivity contribution >= 4 is 29.9 Å². The standard InChI is InChI=1S/C21H32N6.HI/c1-21(2,26-13-5-4-6-14-26)17-24-20(22-3)23-16-18-8-10-19(11-9-18)27-15-7-12-25-27;/h7-12,15H,4-6,13-14,16-17H2,1-3H3,(H2,22,23,24);1H. The van der Waals surface area contributed by atoms with Gasteiger partial charge in [-0.3, -0.25) is 9.89 Å². The Bertz CT molecular complexity index is 718. The molecule has 0 amide bonds. The summed E-state index contributed by atoms with van der Waals surface area (Å²) in [5.74, 6) is 0.844. The van der Waals surface area contributed by atoms with Gasteiger partial charge in [-0.1, -0.05) is 18.6 Å². The van der Waals surface area contributed by atoms with E-state index in [2.05, 4.69) is 63.7 Å². The number of halogens is 1. The summed E-state index contributed by atoms with van der Waals surface area (Å²) in [4.78, 5) is 6.96. The molecule has 0 bridgehead atoms. The van der Waals surface area contributed by atoms with Crippen LogP contribution in [0.2, 0.25) is 0 Å². The summed E-state index contributed by atoms with van der Waals surface area (Å²) in [5.41, 5.74) is 2.40. The largest absolute Gasteiger partial charge is 0.355 e.